The van der Waals surface area contributed by atoms with Gasteiger partial charge in [-0.2, -0.15) is 5.10 Å². The normalized spacial score (nSPS) is 17.8. The molecule has 0 amide bonds. The molecule has 0 aliphatic carbocycles. The highest BCUT2D eigenvalue weighted by Gasteiger charge is 2.24. The molecule has 0 spiro atoms. The summed E-state index contributed by atoms with van der Waals surface area (Å²) in [5.41, 5.74) is 1.91. The Morgan fingerprint density at radius 1 is 1.20 bits per heavy atom. The van der Waals surface area contributed by atoms with E-state index in [1.807, 2.05) is 18.7 Å². The summed E-state index contributed by atoms with van der Waals surface area (Å²) in [4.78, 5) is 13.6. The first-order valence-corrected chi connectivity index (χ1v) is 7.13. The van der Waals surface area contributed by atoms with Crippen LogP contribution in [0, 0.1) is 6.92 Å². The number of anilines is 1. The Labute approximate surface area is 119 Å². The molecule has 0 saturated carbocycles. The molecule has 1 saturated heterocycles. The van der Waals surface area contributed by atoms with Gasteiger partial charge in [-0.25, -0.2) is 9.97 Å². The van der Waals surface area contributed by atoms with E-state index in [9.17, 15) is 0 Å². The number of piperidine rings is 1. The molecule has 0 unspecified atom stereocenters. The van der Waals surface area contributed by atoms with Gasteiger partial charge in [-0.05, 0) is 39.9 Å². The number of likely N-dealkylation sites (tertiary alicyclic amines) is 1. The molecule has 0 atom stereocenters. The fraction of sp³-hybridized carbons (Fsp3) is 0.643. The average molecular weight is 274 g/mol. The highest BCUT2D eigenvalue weighted by Crippen LogP contribution is 2.28. The van der Waals surface area contributed by atoms with Crippen molar-refractivity contribution in [2.24, 2.45) is 7.05 Å². The maximum absolute atomic E-state index is 4.52. The van der Waals surface area contributed by atoms with Gasteiger partial charge in [-0.15, -0.1) is 0 Å². The Kier molecular flexibility index (Phi) is 3.33. The summed E-state index contributed by atoms with van der Waals surface area (Å²) in [6.07, 6.45) is 4.00. The first kappa shape index (κ1) is 13.3. The lowest BCUT2D eigenvalue weighted by molar-refractivity contribution is 0.252. The number of aryl methyl sites for hydroxylation is 2. The van der Waals surface area contributed by atoms with Gasteiger partial charge < -0.3 is 9.80 Å². The minimum Gasteiger partial charge on any atom is -0.356 e. The SMILES string of the molecule is Cc1nn(C)c2ncnc(N(C)C3CCN(C)CC3)c12. The van der Waals surface area contributed by atoms with Crippen molar-refractivity contribution in [2.45, 2.75) is 25.8 Å². The van der Waals surface area contributed by atoms with E-state index in [0.717, 1.165) is 35.6 Å². The molecular formula is C14H22N6. The zero-order chi connectivity index (χ0) is 14.3. The smallest absolute Gasteiger partial charge is 0.163 e. The van der Waals surface area contributed by atoms with Crippen LogP contribution >= 0.6 is 0 Å². The van der Waals surface area contributed by atoms with Crippen LogP contribution in [-0.2, 0) is 7.05 Å². The van der Waals surface area contributed by atoms with Crippen molar-refractivity contribution in [3.8, 4) is 0 Å². The van der Waals surface area contributed by atoms with Crippen LogP contribution < -0.4 is 4.90 Å². The molecule has 2 aromatic rings. The fourth-order valence-electron chi connectivity index (χ4n) is 3.08. The summed E-state index contributed by atoms with van der Waals surface area (Å²) in [7, 11) is 6.26. The van der Waals surface area contributed by atoms with Gasteiger partial charge in [-0.1, -0.05) is 0 Å². The van der Waals surface area contributed by atoms with Crippen molar-refractivity contribution in [3.05, 3.63) is 12.0 Å². The second-order valence-corrected chi connectivity index (χ2v) is 5.75. The van der Waals surface area contributed by atoms with Gasteiger partial charge in [0.15, 0.2) is 5.65 Å². The molecule has 3 rings (SSSR count). The number of hydrogen-bond acceptors (Lipinski definition) is 5. The quantitative estimate of drug-likeness (QED) is 0.823. The minimum absolute atomic E-state index is 0.545. The third-order valence-corrected chi connectivity index (χ3v) is 4.35. The average Bonchev–Trinajstić information content (AvgIpc) is 2.74. The molecule has 1 fully saturated rings. The van der Waals surface area contributed by atoms with Crippen LogP contribution in [0.25, 0.3) is 11.0 Å². The summed E-state index contributed by atoms with van der Waals surface area (Å²) in [5, 5.41) is 5.55. The lowest BCUT2D eigenvalue weighted by atomic mass is 10.0. The molecule has 6 nitrogen and oxygen atoms in total. The second kappa shape index (κ2) is 5.01. The molecule has 0 bridgehead atoms. The number of rotatable bonds is 2. The van der Waals surface area contributed by atoms with Crippen molar-refractivity contribution in [1.29, 1.82) is 0 Å². The topological polar surface area (TPSA) is 50.1 Å². The lowest BCUT2D eigenvalue weighted by Gasteiger charge is -2.35. The Bertz CT molecular complexity index is 611. The molecule has 1 aliphatic heterocycles. The van der Waals surface area contributed by atoms with Gasteiger partial charge >= 0.3 is 0 Å². The monoisotopic (exact) mass is 274 g/mol. The van der Waals surface area contributed by atoms with Crippen molar-refractivity contribution in [3.63, 3.8) is 0 Å². The Balaban J connectivity index is 1.97. The van der Waals surface area contributed by atoms with Crippen LogP contribution in [0.5, 0.6) is 0 Å². The molecule has 0 radical (unpaired) electrons. The van der Waals surface area contributed by atoms with Crippen molar-refractivity contribution in [2.75, 3.05) is 32.1 Å². The number of fused-ring (bicyclic) bond motifs is 1. The molecule has 2 aromatic heterocycles. The predicted octanol–water partition coefficient (Wildman–Crippen LogP) is 1.20. The summed E-state index contributed by atoms with van der Waals surface area (Å²) >= 11 is 0. The van der Waals surface area contributed by atoms with E-state index in [2.05, 4.69) is 39.0 Å². The summed E-state index contributed by atoms with van der Waals surface area (Å²) in [6, 6.07) is 0.545. The van der Waals surface area contributed by atoms with Crippen LogP contribution in [0.1, 0.15) is 18.5 Å². The molecule has 6 heteroatoms. The second-order valence-electron chi connectivity index (χ2n) is 5.75. The summed E-state index contributed by atoms with van der Waals surface area (Å²) < 4.78 is 1.83. The number of nitrogens with zero attached hydrogens (tertiary/aromatic N) is 6. The van der Waals surface area contributed by atoms with Gasteiger partial charge in [-0.3, -0.25) is 4.68 Å². The third-order valence-electron chi connectivity index (χ3n) is 4.35. The van der Waals surface area contributed by atoms with E-state index >= 15 is 0 Å². The molecule has 20 heavy (non-hydrogen) atoms. The number of hydrogen-bond donors (Lipinski definition) is 0. The first-order chi connectivity index (χ1) is 9.58. The van der Waals surface area contributed by atoms with E-state index in [4.69, 9.17) is 0 Å². The van der Waals surface area contributed by atoms with Crippen LogP contribution in [0.4, 0.5) is 5.82 Å². The standard InChI is InChI=1S/C14H22N6/c1-10-12-13(15-9-16-14(12)20(4)17-10)19(3)11-5-7-18(2)8-6-11/h9,11H,5-8H2,1-4H3. The summed E-state index contributed by atoms with van der Waals surface area (Å²) in [6.45, 7) is 4.32. The highest BCUT2D eigenvalue weighted by molar-refractivity contribution is 5.89. The van der Waals surface area contributed by atoms with E-state index in [1.54, 1.807) is 6.33 Å². The number of aromatic nitrogens is 4. The van der Waals surface area contributed by atoms with E-state index in [0.29, 0.717) is 6.04 Å². The molecule has 1 aliphatic rings. The molecule has 108 valence electrons. The van der Waals surface area contributed by atoms with E-state index in [-0.39, 0.29) is 0 Å². The van der Waals surface area contributed by atoms with Crippen molar-refractivity contribution >= 4 is 16.9 Å². The fourth-order valence-corrected chi connectivity index (χ4v) is 3.08. The summed E-state index contributed by atoms with van der Waals surface area (Å²) in [5.74, 6) is 1.01. The lowest BCUT2D eigenvalue weighted by Crippen LogP contribution is -2.42. The molecular weight excluding hydrogens is 252 g/mol. The minimum atomic E-state index is 0.545. The Morgan fingerprint density at radius 2 is 1.90 bits per heavy atom. The first-order valence-electron chi connectivity index (χ1n) is 7.13. The Morgan fingerprint density at radius 3 is 2.60 bits per heavy atom. The van der Waals surface area contributed by atoms with Gasteiger partial charge in [0.1, 0.15) is 12.1 Å². The third kappa shape index (κ3) is 2.14. The van der Waals surface area contributed by atoms with Gasteiger partial charge in [0.05, 0.1) is 11.1 Å². The van der Waals surface area contributed by atoms with Crippen molar-refractivity contribution in [1.82, 2.24) is 24.6 Å². The van der Waals surface area contributed by atoms with E-state index in [1.165, 1.54) is 12.8 Å². The van der Waals surface area contributed by atoms with Gasteiger partial charge in [0.25, 0.3) is 0 Å². The zero-order valence-corrected chi connectivity index (χ0v) is 12.7. The van der Waals surface area contributed by atoms with Crippen LogP contribution in [0.3, 0.4) is 0 Å². The van der Waals surface area contributed by atoms with Crippen LogP contribution in [-0.4, -0.2) is 57.9 Å². The Hall–Kier alpha value is -1.69. The van der Waals surface area contributed by atoms with Crippen molar-refractivity contribution < 1.29 is 0 Å². The maximum atomic E-state index is 4.52. The zero-order valence-electron chi connectivity index (χ0n) is 12.7. The van der Waals surface area contributed by atoms with Gasteiger partial charge in [0.2, 0.25) is 0 Å². The molecule has 0 N–H and O–H groups in total. The maximum Gasteiger partial charge on any atom is 0.163 e. The predicted molar refractivity (Wildman–Crippen MR) is 80.0 cm³/mol. The molecule has 3 heterocycles. The van der Waals surface area contributed by atoms with Gasteiger partial charge in [0, 0.05) is 20.1 Å². The largest absolute Gasteiger partial charge is 0.356 e. The van der Waals surface area contributed by atoms with E-state index < -0.39 is 0 Å². The van der Waals surface area contributed by atoms with Crippen LogP contribution in [0.15, 0.2) is 6.33 Å². The van der Waals surface area contributed by atoms with Crippen LogP contribution in [0.2, 0.25) is 0 Å². The highest BCUT2D eigenvalue weighted by atomic mass is 15.3. The molecule has 0 aromatic carbocycles.